The highest BCUT2D eigenvalue weighted by atomic mass is 32.2. The van der Waals surface area contributed by atoms with Gasteiger partial charge < -0.3 is 4.74 Å². The minimum absolute atomic E-state index is 0.0213. The Morgan fingerprint density at radius 2 is 1.87 bits per heavy atom. The maximum atomic E-state index is 12.6. The third kappa shape index (κ3) is 4.69. The number of hydrogen-bond acceptors (Lipinski definition) is 9. The lowest BCUT2D eigenvalue weighted by Gasteiger charge is -2.09. The normalized spacial score (nSPS) is 11.0. The van der Waals surface area contributed by atoms with Gasteiger partial charge in [0.25, 0.3) is 26.0 Å². The molecule has 0 bridgehead atoms. The number of carbonyl (C=O) groups excluding carboxylic acids is 1. The molecule has 0 radical (unpaired) electrons. The molecule has 0 spiro atoms. The number of nitro groups is 1. The Morgan fingerprint density at radius 3 is 2.50 bits per heavy atom. The van der Waals surface area contributed by atoms with Crippen LogP contribution in [0.3, 0.4) is 0 Å². The standard InChI is InChI=1S/C17H15N5O6S2/c1-10-3-5-11(6-4-10)15(23)18-16-19-20-17(29-16)30(26,27)21-13-9-12(22(24)25)7-8-14(13)28-2/h3-9,21H,1-2H3,(H,18,19,23). The van der Waals surface area contributed by atoms with Crippen molar-refractivity contribution in [3.8, 4) is 5.75 Å². The molecule has 0 saturated carbocycles. The van der Waals surface area contributed by atoms with Gasteiger partial charge in [-0.15, -0.1) is 10.2 Å². The van der Waals surface area contributed by atoms with Gasteiger partial charge in [-0.05, 0) is 25.1 Å². The summed E-state index contributed by atoms with van der Waals surface area (Å²) >= 11 is 0.630. The Labute approximate surface area is 174 Å². The molecule has 0 saturated heterocycles. The average Bonchev–Trinajstić information content (AvgIpc) is 3.17. The third-order valence-electron chi connectivity index (χ3n) is 3.81. The van der Waals surface area contributed by atoms with Crippen LogP contribution in [-0.2, 0) is 10.0 Å². The molecule has 0 aliphatic heterocycles. The lowest BCUT2D eigenvalue weighted by molar-refractivity contribution is -0.384. The molecule has 0 aliphatic rings. The summed E-state index contributed by atoms with van der Waals surface area (Å²) in [6.45, 7) is 1.88. The second kappa shape index (κ2) is 8.42. The van der Waals surface area contributed by atoms with Gasteiger partial charge in [0.1, 0.15) is 5.75 Å². The molecule has 11 nitrogen and oxygen atoms in total. The van der Waals surface area contributed by atoms with Crippen LogP contribution >= 0.6 is 11.3 Å². The average molecular weight is 449 g/mol. The van der Waals surface area contributed by atoms with E-state index < -0.39 is 25.2 Å². The molecule has 1 heterocycles. The minimum Gasteiger partial charge on any atom is -0.495 e. The van der Waals surface area contributed by atoms with Gasteiger partial charge >= 0.3 is 0 Å². The Hall–Kier alpha value is -3.58. The van der Waals surface area contributed by atoms with E-state index in [-0.39, 0.29) is 22.3 Å². The van der Waals surface area contributed by atoms with E-state index in [0.717, 1.165) is 11.6 Å². The summed E-state index contributed by atoms with van der Waals surface area (Å²) in [4.78, 5) is 22.5. The molecule has 0 fully saturated rings. The molecule has 156 valence electrons. The first kappa shape index (κ1) is 21.1. The molecular weight excluding hydrogens is 434 g/mol. The number of carbonyl (C=O) groups is 1. The molecule has 13 heteroatoms. The summed E-state index contributed by atoms with van der Waals surface area (Å²) in [5.74, 6) is -0.384. The zero-order valence-corrected chi connectivity index (χ0v) is 17.3. The largest absolute Gasteiger partial charge is 0.495 e. The van der Waals surface area contributed by atoms with E-state index >= 15 is 0 Å². The van der Waals surface area contributed by atoms with Crippen molar-refractivity contribution in [3.63, 3.8) is 0 Å². The Morgan fingerprint density at radius 1 is 1.17 bits per heavy atom. The topological polar surface area (TPSA) is 153 Å². The molecule has 3 aromatic rings. The summed E-state index contributed by atoms with van der Waals surface area (Å²) in [5.41, 5.74) is 0.905. The van der Waals surface area contributed by atoms with E-state index in [1.54, 1.807) is 24.3 Å². The number of nitro benzene ring substituents is 1. The van der Waals surface area contributed by atoms with E-state index in [2.05, 4.69) is 20.2 Å². The number of methoxy groups -OCH3 is 1. The number of amides is 1. The second-order valence-electron chi connectivity index (χ2n) is 5.94. The number of non-ortho nitro benzene ring substituents is 1. The van der Waals surface area contributed by atoms with Crippen molar-refractivity contribution in [3.05, 3.63) is 63.7 Å². The number of aryl methyl sites for hydroxylation is 1. The maximum absolute atomic E-state index is 12.6. The van der Waals surface area contributed by atoms with E-state index in [4.69, 9.17) is 4.74 Å². The van der Waals surface area contributed by atoms with Crippen LogP contribution in [0.5, 0.6) is 5.75 Å². The van der Waals surface area contributed by atoms with Crippen LogP contribution in [0.1, 0.15) is 15.9 Å². The number of rotatable bonds is 7. The van der Waals surface area contributed by atoms with Crippen LogP contribution in [-0.4, -0.2) is 36.6 Å². The number of ether oxygens (including phenoxy) is 1. The van der Waals surface area contributed by atoms with Gasteiger partial charge in [0, 0.05) is 17.7 Å². The molecule has 2 aromatic carbocycles. The summed E-state index contributed by atoms with van der Waals surface area (Å²) < 4.78 is 32.0. The van der Waals surface area contributed by atoms with Crippen molar-refractivity contribution < 1.29 is 22.9 Å². The predicted molar refractivity (Wildman–Crippen MR) is 109 cm³/mol. The lowest BCUT2D eigenvalue weighted by atomic mass is 10.1. The molecule has 0 atom stereocenters. The molecule has 1 amide bonds. The van der Waals surface area contributed by atoms with Crippen molar-refractivity contribution in [2.45, 2.75) is 11.3 Å². The van der Waals surface area contributed by atoms with Crippen LogP contribution in [0.25, 0.3) is 0 Å². The molecule has 30 heavy (non-hydrogen) atoms. The van der Waals surface area contributed by atoms with Gasteiger partial charge in [-0.25, -0.2) is 0 Å². The van der Waals surface area contributed by atoms with Crippen molar-refractivity contribution >= 4 is 43.8 Å². The number of aromatic nitrogens is 2. The fourth-order valence-electron chi connectivity index (χ4n) is 2.32. The summed E-state index contributed by atoms with van der Waals surface area (Å²) in [5, 5.41) is 20.7. The Kier molecular flexibility index (Phi) is 5.94. The minimum atomic E-state index is -4.23. The molecule has 1 aromatic heterocycles. The highest BCUT2D eigenvalue weighted by Crippen LogP contribution is 2.31. The van der Waals surface area contributed by atoms with Crippen molar-refractivity contribution in [2.24, 2.45) is 0 Å². The van der Waals surface area contributed by atoms with Crippen molar-refractivity contribution in [2.75, 3.05) is 17.1 Å². The van der Waals surface area contributed by atoms with Crippen LogP contribution in [0, 0.1) is 17.0 Å². The zero-order chi connectivity index (χ0) is 21.9. The van der Waals surface area contributed by atoms with E-state index in [9.17, 15) is 23.3 Å². The highest BCUT2D eigenvalue weighted by Gasteiger charge is 2.24. The number of sulfonamides is 1. The smallest absolute Gasteiger partial charge is 0.291 e. The van der Waals surface area contributed by atoms with Gasteiger partial charge in [0.05, 0.1) is 17.7 Å². The fourth-order valence-corrected chi connectivity index (χ4v) is 4.28. The molecule has 0 unspecified atom stereocenters. The first-order valence-electron chi connectivity index (χ1n) is 8.26. The predicted octanol–water partition coefficient (Wildman–Crippen LogP) is 2.82. The lowest BCUT2D eigenvalue weighted by Crippen LogP contribution is -2.13. The van der Waals surface area contributed by atoms with E-state index in [1.165, 1.54) is 19.2 Å². The molecule has 3 rings (SSSR count). The number of nitrogens with one attached hydrogen (secondary N) is 2. The van der Waals surface area contributed by atoms with Gasteiger partial charge in [-0.2, -0.15) is 8.42 Å². The number of hydrogen-bond donors (Lipinski definition) is 2. The molecule has 0 aliphatic carbocycles. The van der Waals surface area contributed by atoms with Gasteiger partial charge in [-0.1, -0.05) is 29.0 Å². The monoisotopic (exact) mass is 449 g/mol. The first-order chi connectivity index (χ1) is 14.2. The first-order valence-corrected chi connectivity index (χ1v) is 10.6. The summed E-state index contributed by atoms with van der Waals surface area (Å²) in [7, 11) is -2.94. The van der Waals surface area contributed by atoms with Crippen LogP contribution < -0.4 is 14.8 Å². The van der Waals surface area contributed by atoms with Gasteiger partial charge in [0.15, 0.2) is 0 Å². The van der Waals surface area contributed by atoms with E-state index in [1.807, 2.05) is 6.92 Å². The van der Waals surface area contributed by atoms with Crippen LogP contribution in [0.2, 0.25) is 0 Å². The molecule has 2 N–H and O–H groups in total. The Balaban J connectivity index is 1.80. The number of nitrogens with zero attached hydrogens (tertiary/aromatic N) is 3. The summed E-state index contributed by atoms with van der Waals surface area (Å²) in [6, 6.07) is 10.3. The van der Waals surface area contributed by atoms with Crippen LogP contribution in [0.15, 0.2) is 46.8 Å². The number of benzene rings is 2. The fraction of sp³-hybridized carbons (Fsp3) is 0.118. The highest BCUT2D eigenvalue weighted by molar-refractivity contribution is 7.94. The van der Waals surface area contributed by atoms with Crippen molar-refractivity contribution in [1.29, 1.82) is 0 Å². The van der Waals surface area contributed by atoms with Gasteiger partial charge in [-0.3, -0.25) is 24.9 Å². The van der Waals surface area contributed by atoms with Crippen molar-refractivity contribution in [1.82, 2.24) is 10.2 Å². The second-order valence-corrected chi connectivity index (χ2v) is 8.77. The quantitative estimate of drug-likeness (QED) is 0.317. The number of anilines is 2. The SMILES string of the molecule is COc1ccc([N+](=O)[O-])cc1NS(=O)(=O)c1nnc(NC(=O)c2ccc(C)cc2)s1. The zero-order valence-electron chi connectivity index (χ0n) is 15.6. The van der Waals surface area contributed by atoms with E-state index in [0.29, 0.717) is 16.9 Å². The van der Waals surface area contributed by atoms with Crippen LogP contribution in [0.4, 0.5) is 16.5 Å². The maximum Gasteiger partial charge on any atom is 0.291 e. The molecular formula is C17H15N5O6S2. The van der Waals surface area contributed by atoms with Gasteiger partial charge in [0.2, 0.25) is 5.13 Å². The Bertz CT molecular complexity index is 1210. The summed E-state index contributed by atoms with van der Waals surface area (Å²) in [6.07, 6.45) is 0. The third-order valence-corrected chi connectivity index (χ3v) is 6.38.